The number of fused-ring (bicyclic) bond motifs is 1. The highest BCUT2D eigenvalue weighted by Crippen LogP contribution is 2.28. The second kappa shape index (κ2) is 6.27. The van der Waals surface area contributed by atoms with E-state index in [4.69, 9.17) is 4.74 Å². The summed E-state index contributed by atoms with van der Waals surface area (Å²) in [5.74, 6) is 1.80. The SMILES string of the molecule is CCOc1ccc2ccccc2c1CNc1ccccn1. The topological polar surface area (TPSA) is 34.1 Å². The Hall–Kier alpha value is -2.55. The quantitative estimate of drug-likeness (QED) is 0.757. The fourth-order valence-corrected chi connectivity index (χ4v) is 2.44. The first-order valence-electron chi connectivity index (χ1n) is 7.17. The fourth-order valence-electron chi connectivity index (χ4n) is 2.44. The van der Waals surface area contributed by atoms with E-state index < -0.39 is 0 Å². The minimum absolute atomic E-state index is 0.662. The number of nitrogens with one attached hydrogen (secondary N) is 1. The number of benzene rings is 2. The minimum atomic E-state index is 0.662. The van der Waals surface area contributed by atoms with E-state index in [0.29, 0.717) is 13.2 Å². The molecule has 0 aliphatic heterocycles. The second-order valence-electron chi connectivity index (χ2n) is 4.76. The molecule has 2 aromatic carbocycles. The van der Waals surface area contributed by atoms with Crippen molar-refractivity contribution in [3.05, 3.63) is 66.4 Å². The molecule has 0 radical (unpaired) electrons. The molecule has 3 heteroatoms. The molecule has 0 saturated heterocycles. The number of aromatic nitrogens is 1. The number of nitrogens with zero attached hydrogens (tertiary/aromatic N) is 1. The van der Waals surface area contributed by atoms with Gasteiger partial charge in [-0.1, -0.05) is 36.4 Å². The molecule has 0 saturated carbocycles. The summed E-state index contributed by atoms with van der Waals surface area (Å²) in [6, 6.07) is 18.4. The van der Waals surface area contributed by atoms with Gasteiger partial charge in [0.1, 0.15) is 11.6 Å². The summed E-state index contributed by atoms with van der Waals surface area (Å²) in [6.45, 7) is 3.35. The van der Waals surface area contributed by atoms with Gasteiger partial charge in [-0.25, -0.2) is 4.98 Å². The monoisotopic (exact) mass is 278 g/mol. The van der Waals surface area contributed by atoms with Crippen LogP contribution in [0.4, 0.5) is 5.82 Å². The molecule has 3 aromatic rings. The third kappa shape index (κ3) is 2.97. The maximum Gasteiger partial charge on any atom is 0.126 e. The Bertz CT molecular complexity index is 726. The predicted octanol–water partition coefficient (Wildman–Crippen LogP) is 4.25. The zero-order valence-electron chi connectivity index (χ0n) is 12.0. The Morgan fingerprint density at radius 3 is 2.67 bits per heavy atom. The van der Waals surface area contributed by atoms with Crippen LogP contribution in [0.5, 0.6) is 5.75 Å². The second-order valence-corrected chi connectivity index (χ2v) is 4.76. The zero-order valence-corrected chi connectivity index (χ0v) is 12.0. The van der Waals surface area contributed by atoms with E-state index in [-0.39, 0.29) is 0 Å². The van der Waals surface area contributed by atoms with Gasteiger partial charge < -0.3 is 10.1 Å². The van der Waals surface area contributed by atoms with E-state index >= 15 is 0 Å². The largest absolute Gasteiger partial charge is 0.494 e. The zero-order chi connectivity index (χ0) is 14.5. The Balaban J connectivity index is 1.96. The first kappa shape index (κ1) is 13.4. The van der Waals surface area contributed by atoms with E-state index in [1.54, 1.807) is 6.20 Å². The van der Waals surface area contributed by atoms with Gasteiger partial charge in [-0.3, -0.25) is 0 Å². The summed E-state index contributed by atoms with van der Waals surface area (Å²) < 4.78 is 5.77. The highest BCUT2D eigenvalue weighted by Gasteiger charge is 2.08. The standard InChI is InChI=1S/C18H18N2O/c1-2-21-17-11-10-14-7-3-4-8-15(14)16(17)13-20-18-9-5-6-12-19-18/h3-12H,2,13H2,1H3,(H,19,20). The van der Waals surface area contributed by atoms with Crippen LogP contribution in [0.1, 0.15) is 12.5 Å². The molecule has 1 aromatic heterocycles. The van der Waals surface area contributed by atoms with E-state index in [0.717, 1.165) is 11.6 Å². The average Bonchev–Trinajstić information content (AvgIpc) is 2.55. The summed E-state index contributed by atoms with van der Waals surface area (Å²) in [6.07, 6.45) is 1.79. The molecule has 1 N–H and O–H groups in total. The molecule has 0 amide bonds. The van der Waals surface area contributed by atoms with Gasteiger partial charge in [-0.05, 0) is 35.9 Å². The van der Waals surface area contributed by atoms with Crippen LogP contribution in [0.25, 0.3) is 10.8 Å². The summed E-state index contributed by atoms with van der Waals surface area (Å²) in [7, 11) is 0. The van der Waals surface area contributed by atoms with E-state index in [1.807, 2.05) is 31.2 Å². The van der Waals surface area contributed by atoms with Gasteiger partial charge in [0.25, 0.3) is 0 Å². The Kier molecular flexibility index (Phi) is 4.01. The van der Waals surface area contributed by atoms with Gasteiger partial charge in [0.2, 0.25) is 0 Å². The Morgan fingerprint density at radius 2 is 1.86 bits per heavy atom. The molecule has 0 bridgehead atoms. The third-order valence-corrected chi connectivity index (χ3v) is 3.41. The molecule has 0 spiro atoms. The third-order valence-electron chi connectivity index (χ3n) is 3.41. The highest BCUT2D eigenvalue weighted by atomic mass is 16.5. The molecule has 1 heterocycles. The molecule has 0 aliphatic carbocycles. The van der Waals surface area contributed by atoms with Crippen LogP contribution in [0, 0.1) is 0 Å². The molecule has 0 unspecified atom stereocenters. The van der Waals surface area contributed by atoms with Crippen molar-refractivity contribution < 1.29 is 4.74 Å². The molecule has 3 rings (SSSR count). The van der Waals surface area contributed by atoms with Crippen LogP contribution in [0.15, 0.2) is 60.8 Å². The van der Waals surface area contributed by atoms with Gasteiger partial charge in [-0.15, -0.1) is 0 Å². The molecule has 0 fully saturated rings. The van der Waals surface area contributed by atoms with Crippen molar-refractivity contribution in [3.8, 4) is 5.75 Å². The lowest BCUT2D eigenvalue weighted by Gasteiger charge is -2.14. The summed E-state index contributed by atoms with van der Waals surface area (Å²) in [5, 5.41) is 5.80. The van der Waals surface area contributed by atoms with Crippen molar-refractivity contribution in [2.24, 2.45) is 0 Å². The van der Waals surface area contributed by atoms with Crippen molar-refractivity contribution in [1.82, 2.24) is 4.98 Å². The van der Waals surface area contributed by atoms with Gasteiger partial charge in [0.15, 0.2) is 0 Å². The number of hydrogen-bond acceptors (Lipinski definition) is 3. The van der Waals surface area contributed by atoms with Crippen molar-refractivity contribution in [3.63, 3.8) is 0 Å². The first-order valence-corrected chi connectivity index (χ1v) is 7.17. The van der Waals surface area contributed by atoms with Crippen LogP contribution in [0.3, 0.4) is 0 Å². The highest BCUT2D eigenvalue weighted by molar-refractivity contribution is 5.88. The normalized spacial score (nSPS) is 10.5. The number of pyridine rings is 1. The van der Waals surface area contributed by atoms with Crippen LogP contribution >= 0.6 is 0 Å². The fraction of sp³-hybridized carbons (Fsp3) is 0.167. The number of ether oxygens (including phenoxy) is 1. The molecule has 0 atom stereocenters. The van der Waals surface area contributed by atoms with Gasteiger partial charge in [0.05, 0.1) is 6.61 Å². The number of rotatable bonds is 5. The molecular weight excluding hydrogens is 260 g/mol. The van der Waals surface area contributed by atoms with Crippen molar-refractivity contribution in [1.29, 1.82) is 0 Å². The lowest BCUT2D eigenvalue weighted by Crippen LogP contribution is -2.05. The van der Waals surface area contributed by atoms with Crippen LogP contribution in [0.2, 0.25) is 0 Å². The minimum Gasteiger partial charge on any atom is -0.494 e. The Labute approximate surface area is 124 Å². The van der Waals surface area contributed by atoms with Crippen molar-refractivity contribution in [2.45, 2.75) is 13.5 Å². The van der Waals surface area contributed by atoms with Crippen LogP contribution in [-0.4, -0.2) is 11.6 Å². The summed E-state index contributed by atoms with van der Waals surface area (Å²) in [5.41, 5.74) is 1.17. The molecule has 106 valence electrons. The maximum atomic E-state index is 5.77. The summed E-state index contributed by atoms with van der Waals surface area (Å²) in [4.78, 5) is 4.30. The van der Waals surface area contributed by atoms with Gasteiger partial charge in [-0.2, -0.15) is 0 Å². The van der Waals surface area contributed by atoms with Crippen molar-refractivity contribution >= 4 is 16.6 Å². The van der Waals surface area contributed by atoms with E-state index in [2.05, 4.69) is 40.6 Å². The van der Waals surface area contributed by atoms with Crippen LogP contribution in [-0.2, 0) is 6.54 Å². The summed E-state index contributed by atoms with van der Waals surface area (Å²) >= 11 is 0. The van der Waals surface area contributed by atoms with Crippen LogP contribution < -0.4 is 10.1 Å². The number of anilines is 1. The number of hydrogen-bond donors (Lipinski definition) is 1. The lowest BCUT2D eigenvalue weighted by atomic mass is 10.0. The molecule has 21 heavy (non-hydrogen) atoms. The van der Waals surface area contributed by atoms with Gasteiger partial charge in [0, 0.05) is 18.3 Å². The predicted molar refractivity (Wildman–Crippen MR) is 86.7 cm³/mol. The first-order chi connectivity index (χ1) is 10.4. The van der Waals surface area contributed by atoms with Gasteiger partial charge >= 0.3 is 0 Å². The van der Waals surface area contributed by atoms with E-state index in [1.165, 1.54) is 16.3 Å². The molecule has 3 nitrogen and oxygen atoms in total. The lowest BCUT2D eigenvalue weighted by molar-refractivity contribution is 0.337. The maximum absolute atomic E-state index is 5.77. The molecular formula is C18H18N2O. The van der Waals surface area contributed by atoms with E-state index in [9.17, 15) is 0 Å². The Morgan fingerprint density at radius 1 is 1.00 bits per heavy atom. The van der Waals surface area contributed by atoms with Crippen molar-refractivity contribution in [2.75, 3.05) is 11.9 Å². The average molecular weight is 278 g/mol. The molecule has 0 aliphatic rings. The smallest absolute Gasteiger partial charge is 0.126 e.